The summed E-state index contributed by atoms with van der Waals surface area (Å²) in [6.45, 7) is 0.00307. The van der Waals surface area contributed by atoms with Crippen molar-refractivity contribution in [3.05, 3.63) is 16.4 Å². The zero-order chi connectivity index (χ0) is 16.7. The Bertz CT molecular complexity index is 683. The molecule has 4 fully saturated rings. The minimum absolute atomic E-state index is 0.00307. The summed E-state index contributed by atoms with van der Waals surface area (Å²) in [7, 11) is 1.86. The highest BCUT2D eigenvalue weighted by molar-refractivity contribution is 7.07. The van der Waals surface area contributed by atoms with Gasteiger partial charge in [0.05, 0.1) is 6.54 Å². The number of amides is 2. The standard InChI is InChI=1S/C18H25N3O2S/c1-21-2-3-24-17(21)20-16(23)11-19-15(22)10-18-7-12-4-13(8-18)6-14(5-12)9-18/h2-3,12-14H,4-11H2,1H3,(H,19,22). The molecule has 0 saturated heterocycles. The van der Waals surface area contributed by atoms with Gasteiger partial charge in [-0.3, -0.25) is 9.59 Å². The fourth-order valence-electron chi connectivity index (χ4n) is 5.66. The Morgan fingerprint density at radius 2 is 1.88 bits per heavy atom. The number of hydrogen-bond acceptors (Lipinski definition) is 3. The van der Waals surface area contributed by atoms with Gasteiger partial charge >= 0.3 is 0 Å². The number of nitrogens with zero attached hydrogens (tertiary/aromatic N) is 2. The van der Waals surface area contributed by atoms with Gasteiger partial charge in [-0.1, -0.05) is 0 Å². The molecule has 4 bridgehead atoms. The van der Waals surface area contributed by atoms with Gasteiger partial charge in [0.25, 0.3) is 5.91 Å². The lowest BCUT2D eigenvalue weighted by atomic mass is 9.49. The number of carbonyl (C=O) groups excluding carboxylic acids is 2. The highest BCUT2D eigenvalue weighted by Crippen LogP contribution is 2.61. The SMILES string of the molecule is Cn1ccsc1=NC(=O)CNC(=O)CC12CC3CC(CC(C3)C1)C2. The third-order valence-corrected chi connectivity index (χ3v) is 6.97. The van der Waals surface area contributed by atoms with Crippen LogP contribution in [0.3, 0.4) is 0 Å². The van der Waals surface area contributed by atoms with Gasteiger partial charge < -0.3 is 9.88 Å². The Labute approximate surface area is 146 Å². The van der Waals surface area contributed by atoms with E-state index < -0.39 is 0 Å². The zero-order valence-corrected chi connectivity index (χ0v) is 15.0. The predicted molar refractivity (Wildman–Crippen MR) is 92.1 cm³/mol. The number of carbonyl (C=O) groups is 2. The maximum atomic E-state index is 12.4. The Hall–Kier alpha value is -1.43. The molecule has 6 heteroatoms. The highest BCUT2D eigenvalue weighted by atomic mass is 32.1. The normalized spacial score (nSPS) is 34.5. The Morgan fingerprint density at radius 3 is 2.42 bits per heavy atom. The minimum Gasteiger partial charge on any atom is -0.347 e. The minimum atomic E-state index is -0.285. The lowest BCUT2D eigenvalue weighted by molar-refractivity contribution is -0.131. The van der Waals surface area contributed by atoms with Crippen LogP contribution in [-0.2, 0) is 16.6 Å². The maximum absolute atomic E-state index is 12.4. The molecule has 5 nitrogen and oxygen atoms in total. The first-order valence-corrected chi connectivity index (χ1v) is 9.84. The molecule has 4 aliphatic carbocycles. The van der Waals surface area contributed by atoms with Crippen LogP contribution in [0.1, 0.15) is 44.9 Å². The van der Waals surface area contributed by atoms with E-state index in [4.69, 9.17) is 0 Å². The smallest absolute Gasteiger partial charge is 0.267 e. The topological polar surface area (TPSA) is 63.5 Å². The quantitative estimate of drug-likeness (QED) is 0.908. The van der Waals surface area contributed by atoms with Crippen molar-refractivity contribution in [2.24, 2.45) is 35.2 Å². The van der Waals surface area contributed by atoms with Crippen molar-refractivity contribution in [3.63, 3.8) is 0 Å². The van der Waals surface area contributed by atoms with Crippen LogP contribution < -0.4 is 10.1 Å². The molecule has 1 aromatic rings. The third kappa shape index (κ3) is 3.21. The molecular formula is C18H25N3O2S. The number of aryl methyl sites for hydroxylation is 1. The highest BCUT2D eigenvalue weighted by Gasteiger charge is 2.51. The van der Waals surface area contributed by atoms with Gasteiger partial charge in [-0.05, 0) is 61.7 Å². The van der Waals surface area contributed by atoms with E-state index in [-0.39, 0.29) is 23.8 Å². The van der Waals surface area contributed by atoms with Gasteiger partial charge in [0, 0.05) is 25.0 Å². The van der Waals surface area contributed by atoms with Crippen LogP contribution in [-0.4, -0.2) is 22.9 Å². The van der Waals surface area contributed by atoms with Crippen LogP contribution in [0.15, 0.2) is 16.6 Å². The lowest BCUT2D eigenvalue weighted by Crippen LogP contribution is -2.48. The van der Waals surface area contributed by atoms with Gasteiger partial charge in [0.15, 0.2) is 4.80 Å². The van der Waals surface area contributed by atoms with Crippen LogP contribution in [0.2, 0.25) is 0 Å². The Balaban J connectivity index is 1.33. The summed E-state index contributed by atoms with van der Waals surface area (Å²) >= 11 is 1.42. The number of aromatic nitrogens is 1. The monoisotopic (exact) mass is 347 g/mol. The average Bonchev–Trinajstić information content (AvgIpc) is 2.88. The zero-order valence-electron chi connectivity index (χ0n) is 14.2. The number of hydrogen-bond donors (Lipinski definition) is 1. The molecule has 0 atom stereocenters. The van der Waals surface area contributed by atoms with Gasteiger partial charge in [0.1, 0.15) is 0 Å². The van der Waals surface area contributed by atoms with Crippen molar-refractivity contribution < 1.29 is 9.59 Å². The molecule has 4 saturated carbocycles. The van der Waals surface area contributed by atoms with E-state index in [0.29, 0.717) is 11.2 Å². The van der Waals surface area contributed by atoms with Crippen molar-refractivity contribution in [1.29, 1.82) is 0 Å². The summed E-state index contributed by atoms with van der Waals surface area (Å²) in [6.07, 6.45) is 10.3. The van der Waals surface area contributed by atoms with Crippen molar-refractivity contribution in [2.45, 2.75) is 44.9 Å². The van der Waals surface area contributed by atoms with Crippen molar-refractivity contribution >= 4 is 23.2 Å². The summed E-state index contributed by atoms with van der Waals surface area (Å²) in [4.78, 5) is 29.0. The molecule has 1 aromatic heterocycles. The van der Waals surface area contributed by atoms with Crippen LogP contribution in [0.25, 0.3) is 0 Å². The number of nitrogens with one attached hydrogen (secondary N) is 1. The van der Waals surface area contributed by atoms with Gasteiger partial charge in [-0.2, -0.15) is 4.99 Å². The first-order chi connectivity index (χ1) is 11.5. The lowest BCUT2D eigenvalue weighted by Gasteiger charge is -2.56. The molecule has 2 amide bonds. The van der Waals surface area contributed by atoms with Crippen LogP contribution >= 0.6 is 11.3 Å². The van der Waals surface area contributed by atoms with Crippen molar-refractivity contribution in [1.82, 2.24) is 9.88 Å². The summed E-state index contributed by atoms with van der Waals surface area (Å²) in [6, 6.07) is 0. The average molecular weight is 347 g/mol. The summed E-state index contributed by atoms with van der Waals surface area (Å²) in [5.74, 6) is 2.28. The predicted octanol–water partition coefficient (Wildman–Crippen LogP) is 2.24. The molecule has 0 aromatic carbocycles. The maximum Gasteiger partial charge on any atom is 0.267 e. The first kappa shape index (κ1) is 16.1. The van der Waals surface area contributed by atoms with Crippen LogP contribution in [0.5, 0.6) is 0 Å². The number of rotatable bonds is 4. The van der Waals surface area contributed by atoms with E-state index in [1.54, 1.807) is 4.57 Å². The second-order valence-electron chi connectivity index (χ2n) is 8.17. The molecule has 0 radical (unpaired) electrons. The Morgan fingerprint density at radius 1 is 1.25 bits per heavy atom. The molecule has 0 spiro atoms. The van der Waals surface area contributed by atoms with Crippen molar-refractivity contribution in [2.75, 3.05) is 6.54 Å². The van der Waals surface area contributed by atoms with Crippen LogP contribution in [0, 0.1) is 23.2 Å². The van der Waals surface area contributed by atoms with Crippen molar-refractivity contribution in [3.8, 4) is 0 Å². The van der Waals surface area contributed by atoms with Gasteiger partial charge in [-0.25, -0.2) is 0 Å². The van der Waals surface area contributed by atoms with E-state index in [1.807, 2.05) is 18.6 Å². The van der Waals surface area contributed by atoms with E-state index in [1.165, 1.54) is 49.9 Å². The molecule has 130 valence electrons. The molecule has 0 aliphatic heterocycles. The molecule has 5 rings (SSSR count). The number of thiazole rings is 1. The van der Waals surface area contributed by atoms with E-state index in [2.05, 4.69) is 10.3 Å². The molecule has 1 heterocycles. The largest absolute Gasteiger partial charge is 0.347 e. The fraction of sp³-hybridized carbons (Fsp3) is 0.722. The summed E-state index contributed by atoms with van der Waals surface area (Å²) in [5.41, 5.74) is 0.221. The second kappa shape index (κ2) is 6.14. The van der Waals surface area contributed by atoms with Gasteiger partial charge in [0.2, 0.25) is 5.91 Å². The molecular weight excluding hydrogens is 322 g/mol. The van der Waals surface area contributed by atoms with Crippen LogP contribution in [0.4, 0.5) is 0 Å². The van der Waals surface area contributed by atoms with Gasteiger partial charge in [-0.15, -0.1) is 11.3 Å². The summed E-state index contributed by atoms with van der Waals surface area (Å²) < 4.78 is 1.81. The first-order valence-electron chi connectivity index (χ1n) is 8.96. The molecule has 0 unspecified atom stereocenters. The van der Waals surface area contributed by atoms with E-state index in [0.717, 1.165) is 17.8 Å². The Kier molecular flexibility index (Phi) is 4.11. The third-order valence-electron chi connectivity index (χ3n) is 6.12. The molecule has 4 aliphatic rings. The molecule has 1 N–H and O–H groups in total. The van der Waals surface area contributed by atoms with E-state index in [9.17, 15) is 9.59 Å². The second-order valence-corrected chi connectivity index (χ2v) is 9.05. The fourth-order valence-corrected chi connectivity index (χ4v) is 6.41. The molecule has 24 heavy (non-hydrogen) atoms. The van der Waals surface area contributed by atoms with E-state index >= 15 is 0 Å². The summed E-state index contributed by atoms with van der Waals surface area (Å²) in [5, 5.41) is 4.69.